The molecule has 0 spiro atoms. The quantitative estimate of drug-likeness (QED) is 0.354. The maximum atomic E-state index is 13.2. The van der Waals surface area contributed by atoms with Crippen LogP contribution in [0, 0.1) is 10.5 Å². The number of hydrogen-bond acceptors (Lipinski definition) is 4. The lowest BCUT2D eigenvalue weighted by Crippen LogP contribution is -2.22. The predicted molar refractivity (Wildman–Crippen MR) is 130 cm³/mol. The van der Waals surface area contributed by atoms with Crippen LogP contribution in [-0.4, -0.2) is 23.5 Å². The number of ether oxygens (including phenoxy) is 1. The summed E-state index contributed by atoms with van der Waals surface area (Å²) in [5.41, 5.74) is 5.03. The highest BCUT2D eigenvalue weighted by Crippen LogP contribution is 2.29. The van der Waals surface area contributed by atoms with Crippen LogP contribution in [0.15, 0.2) is 42.5 Å². The summed E-state index contributed by atoms with van der Waals surface area (Å²) in [6, 6.07) is 13.4. The van der Waals surface area contributed by atoms with Crippen molar-refractivity contribution in [2.75, 3.05) is 11.9 Å². The maximum absolute atomic E-state index is 13.2. The smallest absolute Gasteiger partial charge is 0.339 e. The molecule has 5 nitrogen and oxygen atoms in total. The van der Waals surface area contributed by atoms with Gasteiger partial charge in [0.1, 0.15) is 0 Å². The molecule has 31 heavy (non-hydrogen) atoms. The fourth-order valence-corrected chi connectivity index (χ4v) is 4.76. The number of aryl methyl sites for hydroxylation is 2. The molecule has 2 aromatic carbocycles. The average molecular weight is 528 g/mol. The third kappa shape index (κ3) is 5.06. The summed E-state index contributed by atoms with van der Waals surface area (Å²) >= 11 is 2.23. The molecule has 1 aliphatic carbocycles. The molecule has 0 saturated heterocycles. The predicted octanol–water partition coefficient (Wildman–Crippen LogP) is 5.60. The van der Waals surface area contributed by atoms with Crippen LogP contribution in [-0.2, 0) is 22.4 Å². The monoisotopic (exact) mass is 528 g/mol. The number of amides is 1. The highest BCUT2D eigenvalue weighted by atomic mass is 127. The van der Waals surface area contributed by atoms with Gasteiger partial charge in [-0.3, -0.25) is 9.78 Å². The molecule has 0 unspecified atom stereocenters. The second-order valence-corrected chi connectivity index (χ2v) is 9.17. The van der Waals surface area contributed by atoms with Crippen molar-refractivity contribution in [2.24, 2.45) is 0 Å². The molecule has 1 heterocycles. The van der Waals surface area contributed by atoms with E-state index in [1.54, 1.807) is 0 Å². The van der Waals surface area contributed by atoms with Gasteiger partial charge in [0.15, 0.2) is 6.61 Å². The number of esters is 1. The van der Waals surface area contributed by atoms with Gasteiger partial charge in [0.2, 0.25) is 0 Å². The van der Waals surface area contributed by atoms with E-state index in [9.17, 15) is 9.59 Å². The average Bonchev–Trinajstić information content (AvgIpc) is 2.74. The Balaban J connectivity index is 1.57. The van der Waals surface area contributed by atoms with Crippen molar-refractivity contribution in [1.29, 1.82) is 0 Å². The van der Waals surface area contributed by atoms with E-state index in [1.807, 2.05) is 49.4 Å². The number of fused-ring (bicyclic) bond motifs is 2. The highest BCUT2D eigenvalue weighted by Gasteiger charge is 2.23. The number of anilines is 1. The summed E-state index contributed by atoms with van der Waals surface area (Å²) in [6.45, 7) is 1.61. The molecule has 0 atom stereocenters. The molecular formula is C25H25IN2O3. The van der Waals surface area contributed by atoms with E-state index < -0.39 is 5.97 Å². The number of carbonyl (C=O) groups excluding carboxylic acids is 2. The lowest BCUT2D eigenvalue weighted by atomic mass is 9.91. The largest absolute Gasteiger partial charge is 0.452 e. The third-order valence-corrected chi connectivity index (χ3v) is 6.34. The zero-order valence-electron chi connectivity index (χ0n) is 17.5. The Bertz CT molecular complexity index is 1140. The van der Waals surface area contributed by atoms with E-state index in [-0.39, 0.29) is 12.5 Å². The molecule has 1 amide bonds. The van der Waals surface area contributed by atoms with E-state index in [4.69, 9.17) is 9.72 Å². The molecule has 1 aliphatic rings. The van der Waals surface area contributed by atoms with Crippen molar-refractivity contribution in [1.82, 2.24) is 4.98 Å². The summed E-state index contributed by atoms with van der Waals surface area (Å²) in [7, 11) is 0. The van der Waals surface area contributed by atoms with Crippen LogP contribution in [0.1, 0.15) is 52.9 Å². The zero-order chi connectivity index (χ0) is 21.8. The van der Waals surface area contributed by atoms with E-state index in [0.717, 1.165) is 69.1 Å². The molecule has 160 valence electrons. The normalized spacial score (nSPS) is 13.7. The van der Waals surface area contributed by atoms with Crippen LogP contribution < -0.4 is 5.32 Å². The molecule has 0 aliphatic heterocycles. The molecule has 0 saturated carbocycles. The Kier molecular flexibility index (Phi) is 6.85. The van der Waals surface area contributed by atoms with Crippen molar-refractivity contribution in [3.8, 4) is 0 Å². The molecule has 3 aromatic rings. The van der Waals surface area contributed by atoms with Gasteiger partial charge >= 0.3 is 5.97 Å². The first-order valence-corrected chi connectivity index (χ1v) is 11.7. The van der Waals surface area contributed by atoms with Crippen molar-refractivity contribution in [3.63, 3.8) is 0 Å². The van der Waals surface area contributed by atoms with Crippen LogP contribution >= 0.6 is 22.6 Å². The van der Waals surface area contributed by atoms with Crippen LogP contribution in [0.3, 0.4) is 0 Å². The van der Waals surface area contributed by atoms with Gasteiger partial charge in [0, 0.05) is 20.3 Å². The van der Waals surface area contributed by atoms with Gasteiger partial charge in [-0.25, -0.2) is 4.79 Å². The molecule has 0 bridgehead atoms. The van der Waals surface area contributed by atoms with E-state index in [0.29, 0.717) is 5.56 Å². The SMILES string of the molecule is Cc1cc(I)ccc1NC(=O)COC(=O)c1c2c(nc3ccccc13)CCCCCC2. The minimum absolute atomic E-state index is 0.324. The Labute approximate surface area is 195 Å². The van der Waals surface area contributed by atoms with Gasteiger partial charge in [-0.2, -0.15) is 0 Å². The first kappa shape index (κ1) is 21.7. The number of benzene rings is 2. The topological polar surface area (TPSA) is 68.3 Å². The fraction of sp³-hybridized carbons (Fsp3) is 0.320. The van der Waals surface area contributed by atoms with Crippen LogP contribution in [0.5, 0.6) is 0 Å². The van der Waals surface area contributed by atoms with Crippen molar-refractivity contribution < 1.29 is 14.3 Å². The number of rotatable bonds is 4. The summed E-state index contributed by atoms with van der Waals surface area (Å²) < 4.78 is 6.59. The summed E-state index contributed by atoms with van der Waals surface area (Å²) in [5, 5.41) is 3.62. The van der Waals surface area contributed by atoms with Gasteiger partial charge in [-0.15, -0.1) is 0 Å². The standard InChI is InChI=1S/C25H25IN2O3/c1-16-14-17(26)12-13-20(16)28-23(29)15-31-25(30)24-18-8-4-2-3-5-10-21(18)27-22-11-7-6-9-19(22)24/h6-7,9,11-14H,2-5,8,10,15H2,1H3,(H,28,29). The number of hydrogen-bond donors (Lipinski definition) is 1. The number of nitrogens with one attached hydrogen (secondary N) is 1. The van der Waals surface area contributed by atoms with Crippen molar-refractivity contribution in [3.05, 3.63) is 68.4 Å². The van der Waals surface area contributed by atoms with Crippen LogP contribution in [0.4, 0.5) is 5.69 Å². The fourth-order valence-electron chi connectivity index (χ4n) is 4.12. The Morgan fingerprint density at radius 3 is 2.65 bits per heavy atom. The van der Waals surface area contributed by atoms with Gasteiger partial charge in [0.25, 0.3) is 5.91 Å². The van der Waals surface area contributed by atoms with Crippen molar-refractivity contribution >= 4 is 51.1 Å². The number of carbonyl (C=O) groups is 2. The van der Waals surface area contributed by atoms with Gasteiger partial charge < -0.3 is 10.1 Å². The van der Waals surface area contributed by atoms with E-state index >= 15 is 0 Å². The lowest BCUT2D eigenvalue weighted by molar-refractivity contribution is -0.119. The molecule has 6 heteroatoms. The summed E-state index contributed by atoms with van der Waals surface area (Å²) in [5.74, 6) is -0.802. The third-order valence-electron chi connectivity index (χ3n) is 5.67. The van der Waals surface area contributed by atoms with Crippen LogP contribution in [0.2, 0.25) is 0 Å². The van der Waals surface area contributed by atoms with Gasteiger partial charge in [-0.05, 0) is 90.6 Å². The minimum atomic E-state index is -0.454. The maximum Gasteiger partial charge on any atom is 0.339 e. The molecule has 0 radical (unpaired) electrons. The first-order valence-electron chi connectivity index (χ1n) is 10.7. The van der Waals surface area contributed by atoms with Crippen molar-refractivity contribution in [2.45, 2.75) is 45.4 Å². The minimum Gasteiger partial charge on any atom is -0.452 e. The Morgan fingerprint density at radius 2 is 1.84 bits per heavy atom. The molecule has 4 rings (SSSR count). The summed E-state index contributed by atoms with van der Waals surface area (Å²) in [4.78, 5) is 30.4. The second-order valence-electron chi connectivity index (χ2n) is 7.93. The van der Waals surface area contributed by atoms with Gasteiger partial charge in [0.05, 0.1) is 11.1 Å². The number of nitrogens with zero attached hydrogens (tertiary/aromatic N) is 1. The molecule has 1 aromatic heterocycles. The lowest BCUT2D eigenvalue weighted by Gasteiger charge is -2.18. The number of para-hydroxylation sites is 1. The second kappa shape index (κ2) is 9.77. The Morgan fingerprint density at radius 1 is 1.06 bits per heavy atom. The molecule has 0 fully saturated rings. The first-order chi connectivity index (χ1) is 15.0. The van der Waals surface area contributed by atoms with Crippen LogP contribution in [0.25, 0.3) is 10.9 Å². The van der Waals surface area contributed by atoms with Gasteiger partial charge in [-0.1, -0.05) is 31.0 Å². The number of pyridine rings is 1. The van der Waals surface area contributed by atoms with E-state index in [2.05, 4.69) is 27.9 Å². The molecule has 1 N–H and O–H groups in total. The number of aromatic nitrogens is 1. The zero-order valence-corrected chi connectivity index (χ0v) is 19.7. The summed E-state index contributed by atoms with van der Waals surface area (Å²) in [6.07, 6.45) is 6.12. The molecular weight excluding hydrogens is 503 g/mol. The number of halogens is 1. The highest BCUT2D eigenvalue weighted by molar-refractivity contribution is 14.1. The van der Waals surface area contributed by atoms with E-state index in [1.165, 1.54) is 6.42 Å². The Hall–Kier alpha value is -2.48.